The third-order valence-electron chi connectivity index (χ3n) is 5.88. The molecule has 4 heteroatoms. The first-order chi connectivity index (χ1) is 13.7. The van der Waals surface area contributed by atoms with Crippen LogP contribution in [0.15, 0.2) is 30.3 Å². The summed E-state index contributed by atoms with van der Waals surface area (Å²) in [4.78, 5) is 4.87. The van der Waals surface area contributed by atoms with Crippen LogP contribution in [0.5, 0.6) is 0 Å². The predicted molar refractivity (Wildman–Crippen MR) is 133 cm³/mol. The summed E-state index contributed by atoms with van der Waals surface area (Å²) in [7, 11) is -1.24. The van der Waals surface area contributed by atoms with E-state index in [2.05, 4.69) is 87.1 Å². The van der Waals surface area contributed by atoms with Gasteiger partial charge in [0.15, 0.2) is 9.04 Å². The molecule has 1 aromatic heterocycles. The molecule has 29 heavy (non-hydrogen) atoms. The van der Waals surface area contributed by atoms with Gasteiger partial charge in [-0.25, -0.2) is 0 Å². The fourth-order valence-electron chi connectivity index (χ4n) is 4.30. The maximum Gasteiger partial charge on any atom is 0.172 e. The number of rotatable bonds is 11. The van der Waals surface area contributed by atoms with Crippen LogP contribution >= 0.6 is 15.9 Å². The monoisotopic (exact) mass is 477 g/mol. The molecule has 0 radical (unpaired) electrons. The minimum absolute atomic E-state index is 0.0222. The summed E-state index contributed by atoms with van der Waals surface area (Å²) in [6.45, 7) is 13.9. The summed E-state index contributed by atoms with van der Waals surface area (Å²) in [5, 5.41) is 1.98. The van der Waals surface area contributed by atoms with E-state index in [0.29, 0.717) is 0 Å². The van der Waals surface area contributed by atoms with Gasteiger partial charge in [-0.3, -0.25) is 4.98 Å². The molecule has 0 fully saturated rings. The van der Waals surface area contributed by atoms with Crippen molar-refractivity contribution in [2.24, 2.45) is 5.41 Å². The first-order valence-electron chi connectivity index (χ1n) is 11.4. The molecule has 0 aliphatic rings. The van der Waals surface area contributed by atoms with E-state index in [9.17, 15) is 0 Å². The largest absolute Gasteiger partial charge is 0.411 e. The van der Waals surface area contributed by atoms with Crippen LogP contribution in [0, 0.1) is 5.41 Å². The number of pyridine rings is 1. The lowest BCUT2D eigenvalue weighted by molar-refractivity contribution is -0.0505. The Kier molecular flexibility index (Phi) is 9.37. The smallest absolute Gasteiger partial charge is 0.172 e. The third kappa shape index (κ3) is 6.38. The number of hydrogen-bond donors (Lipinski definition) is 0. The van der Waals surface area contributed by atoms with Crippen molar-refractivity contribution >= 4 is 35.9 Å². The summed E-state index contributed by atoms with van der Waals surface area (Å²) in [5.41, 5.74) is 3.22. The number of aromatic nitrogens is 1. The van der Waals surface area contributed by atoms with Crippen LogP contribution in [0.25, 0.3) is 10.9 Å². The lowest BCUT2D eigenvalue weighted by Crippen LogP contribution is -2.45. The zero-order chi connectivity index (χ0) is 21.5. The van der Waals surface area contributed by atoms with Crippen molar-refractivity contribution < 1.29 is 4.43 Å². The van der Waals surface area contributed by atoms with Gasteiger partial charge < -0.3 is 4.43 Å². The molecule has 2 rings (SSSR count). The molecule has 0 spiro atoms. The van der Waals surface area contributed by atoms with Gasteiger partial charge in [-0.1, -0.05) is 100 Å². The molecular formula is C25H40BrNOSi. The first-order valence-corrected chi connectivity index (χ1v) is 15.3. The Morgan fingerprint density at radius 1 is 0.966 bits per heavy atom. The Morgan fingerprint density at radius 3 is 2.24 bits per heavy atom. The molecule has 2 nitrogen and oxygen atoms in total. The summed E-state index contributed by atoms with van der Waals surface area (Å²) < 4.78 is 6.92. The fourth-order valence-corrected chi connectivity index (χ4v) is 6.02. The van der Waals surface area contributed by atoms with Crippen LogP contribution in [-0.2, 0) is 15.4 Å². The van der Waals surface area contributed by atoms with E-state index in [-0.39, 0.29) is 11.0 Å². The maximum absolute atomic E-state index is 6.92. The van der Waals surface area contributed by atoms with Gasteiger partial charge in [-0.15, -0.1) is 0 Å². The van der Waals surface area contributed by atoms with E-state index in [4.69, 9.17) is 9.41 Å². The lowest BCUT2D eigenvalue weighted by Gasteiger charge is -2.47. The van der Waals surface area contributed by atoms with Crippen molar-refractivity contribution in [1.29, 1.82) is 0 Å². The Balaban J connectivity index is 2.40. The number of alkyl halides is 1. The normalized spacial score (nSPS) is 14.5. The Hall–Kier alpha value is -0.713. The number of fused-ring (bicyclic) bond motifs is 1. The first kappa shape index (κ1) is 24.6. The van der Waals surface area contributed by atoms with E-state index in [1.807, 2.05) is 0 Å². The van der Waals surface area contributed by atoms with Gasteiger partial charge in [0.2, 0.25) is 0 Å². The van der Waals surface area contributed by atoms with Crippen LogP contribution in [0.1, 0.15) is 83.9 Å². The minimum Gasteiger partial charge on any atom is -0.411 e. The van der Waals surface area contributed by atoms with Crippen molar-refractivity contribution in [2.45, 2.75) is 96.7 Å². The second-order valence-electron chi connectivity index (χ2n) is 9.61. The van der Waals surface area contributed by atoms with Crippen LogP contribution in [0.4, 0.5) is 0 Å². The van der Waals surface area contributed by atoms with Gasteiger partial charge in [-0.2, -0.15) is 0 Å². The average molecular weight is 479 g/mol. The molecule has 2 aromatic rings. The van der Waals surface area contributed by atoms with Crippen molar-refractivity contribution in [3.63, 3.8) is 0 Å². The molecule has 0 bridgehead atoms. The zero-order valence-corrected chi connectivity index (χ0v) is 22.1. The van der Waals surface area contributed by atoms with Gasteiger partial charge >= 0.3 is 0 Å². The number of nitrogens with zero attached hydrogens (tertiary/aromatic N) is 1. The molecule has 1 unspecified atom stereocenters. The fraction of sp³-hybridized carbons (Fsp3) is 0.640. The van der Waals surface area contributed by atoms with Gasteiger partial charge in [0.25, 0.3) is 0 Å². The van der Waals surface area contributed by atoms with Gasteiger partial charge in [0.05, 0.1) is 16.8 Å². The molecule has 0 amide bonds. The third-order valence-corrected chi connectivity index (χ3v) is 7.33. The van der Waals surface area contributed by atoms with E-state index in [1.54, 1.807) is 0 Å². The molecule has 0 saturated carbocycles. The van der Waals surface area contributed by atoms with E-state index in [1.165, 1.54) is 49.5 Å². The number of unbranched alkanes of at least 4 members (excludes halogenated alkanes) is 5. The molecule has 1 heterocycles. The molecule has 0 saturated heterocycles. The summed E-state index contributed by atoms with van der Waals surface area (Å²) in [5.74, 6) is 0. The van der Waals surface area contributed by atoms with Gasteiger partial charge in [0, 0.05) is 10.7 Å². The second-order valence-corrected chi connectivity index (χ2v) is 12.5. The highest BCUT2D eigenvalue weighted by molar-refractivity contribution is 9.08. The quantitative estimate of drug-likeness (QED) is 0.185. The van der Waals surface area contributed by atoms with E-state index in [0.717, 1.165) is 23.0 Å². The standard InChI is InChI=1S/C25H40BrNOSi/c1-7-8-9-10-11-12-17-25(24(2,3)4,28-29(5)6)21-15-13-20-14-16-22(19-26)27-23(20)18-21/h13-16,18,29H,7-12,17,19H2,1-6H3. The summed E-state index contributed by atoms with van der Waals surface area (Å²) >= 11 is 3.54. The molecular weight excluding hydrogens is 438 g/mol. The van der Waals surface area contributed by atoms with Crippen LogP contribution in [0.3, 0.4) is 0 Å². The van der Waals surface area contributed by atoms with Crippen molar-refractivity contribution in [3.05, 3.63) is 41.6 Å². The van der Waals surface area contributed by atoms with E-state index >= 15 is 0 Å². The van der Waals surface area contributed by atoms with Crippen LogP contribution in [0.2, 0.25) is 13.1 Å². The Morgan fingerprint density at radius 2 is 1.62 bits per heavy atom. The van der Waals surface area contributed by atoms with Crippen molar-refractivity contribution in [2.75, 3.05) is 0 Å². The molecule has 162 valence electrons. The van der Waals surface area contributed by atoms with Gasteiger partial charge in [-0.05, 0) is 42.6 Å². The summed E-state index contributed by atoms with van der Waals surface area (Å²) in [6, 6.07) is 11.1. The Bertz CT molecular complexity index is 771. The molecule has 0 aliphatic heterocycles. The van der Waals surface area contributed by atoms with Gasteiger partial charge in [0.1, 0.15) is 0 Å². The van der Waals surface area contributed by atoms with Crippen molar-refractivity contribution in [1.82, 2.24) is 4.98 Å². The highest BCUT2D eigenvalue weighted by Gasteiger charge is 2.44. The topological polar surface area (TPSA) is 22.1 Å². The highest BCUT2D eigenvalue weighted by atomic mass is 79.9. The van der Waals surface area contributed by atoms with E-state index < -0.39 is 9.04 Å². The molecule has 1 atom stereocenters. The Labute approximate surface area is 188 Å². The number of hydrogen-bond acceptors (Lipinski definition) is 2. The minimum atomic E-state index is -1.24. The zero-order valence-electron chi connectivity index (χ0n) is 19.4. The predicted octanol–water partition coefficient (Wildman–Crippen LogP) is 8.12. The maximum atomic E-state index is 6.92. The van der Waals surface area contributed by atoms with Crippen LogP contribution < -0.4 is 0 Å². The lowest BCUT2D eigenvalue weighted by atomic mass is 9.69. The van der Waals surface area contributed by atoms with Crippen LogP contribution in [-0.4, -0.2) is 14.0 Å². The molecule has 0 N–H and O–H groups in total. The highest BCUT2D eigenvalue weighted by Crippen LogP contribution is 2.47. The number of benzene rings is 1. The average Bonchev–Trinajstić information content (AvgIpc) is 2.67. The molecule has 1 aromatic carbocycles. The van der Waals surface area contributed by atoms with Crippen molar-refractivity contribution in [3.8, 4) is 0 Å². The molecule has 0 aliphatic carbocycles. The summed E-state index contributed by atoms with van der Waals surface area (Å²) in [6.07, 6.45) is 8.93. The second kappa shape index (κ2) is 11.1. The number of halogens is 1. The SMILES string of the molecule is CCCCCCCCC(O[SiH](C)C)(c1ccc2ccc(CBr)nc2c1)C(C)(C)C.